The molecule has 0 bridgehead atoms. The highest BCUT2D eigenvalue weighted by Gasteiger charge is 2.21. The first kappa shape index (κ1) is 14.0. The zero-order chi connectivity index (χ0) is 13.5. The van der Waals surface area contributed by atoms with Crippen molar-refractivity contribution >= 4 is 11.6 Å². The summed E-state index contributed by atoms with van der Waals surface area (Å²) in [5.74, 6) is 0.0682. The highest BCUT2D eigenvalue weighted by atomic mass is 16.2. The SMILES string of the molecule is CCN(CC(=O)Nc1ccccc1)C1CCCNC1. The number of para-hydroxylation sites is 1. The van der Waals surface area contributed by atoms with Crippen LogP contribution < -0.4 is 10.6 Å². The van der Waals surface area contributed by atoms with Crippen LogP contribution in [-0.2, 0) is 4.79 Å². The lowest BCUT2D eigenvalue weighted by atomic mass is 10.1. The summed E-state index contributed by atoms with van der Waals surface area (Å²) in [5.41, 5.74) is 0.866. The number of likely N-dealkylation sites (N-methyl/N-ethyl adjacent to an activating group) is 1. The molecule has 4 nitrogen and oxygen atoms in total. The number of carbonyl (C=O) groups is 1. The number of piperidine rings is 1. The lowest BCUT2D eigenvalue weighted by molar-refractivity contribution is -0.117. The maximum atomic E-state index is 12.1. The molecule has 1 fully saturated rings. The van der Waals surface area contributed by atoms with Crippen molar-refractivity contribution in [2.24, 2.45) is 0 Å². The van der Waals surface area contributed by atoms with E-state index in [1.165, 1.54) is 12.8 Å². The summed E-state index contributed by atoms with van der Waals surface area (Å²) < 4.78 is 0. The third-order valence-corrected chi connectivity index (χ3v) is 3.60. The van der Waals surface area contributed by atoms with Gasteiger partial charge < -0.3 is 10.6 Å². The molecule has 0 radical (unpaired) electrons. The quantitative estimate of drug-likeness (QED) is 0.848. The van der Waals surface area contributed by atoms with Crippen LogP contribution in [0.2, 0.25) is 0 Å². The molecular formula is C15H23N3O. The van der Waals surface area contributed by atoms with Gasteiger partial charge in [0.25, 0.3) is 0 Å². The number of rotatable bonds is 5. The fourth-order valence-corrected chi connectivity index (χ4v) is 2.55. The second-order valence-corrected chi connectivity index (χ2v) is 4.98. The van der Waals surface area contributed by atoms with Crippen LogP contribution in [0.5, 0.6) is 0 Å². The fraction of sp³-hybridized carbons (Fsp3) is 0.533. The minimum absolute atomic E-state index is 0.0682. The lowest BCUT2D eigenvalue weighted by Crippen LogP contribution is -2.48. The van der Waals surface area contributed by atoms with Gasteiger partial charge >= 0.3 is 0 Å². The lowest BCUT2D eigenvalue weighted by Gasteiger charge is -2.33. The smallest absolute Gasteiger partial charge is 0.238 e. The van der Waals surface area contributed by atoms with Crippen LogP contribution in [0.15, 0.2) is 30.3 Å². The van der Waals surface area contributed by atoms with Gasteiger partial charge in [-0.3, -0.25) is 9.69 Å². The molecule has 0 aromatic heterocycles. The van der Waals surface area contributed by atoms with E-state index in [2.05, 4.69) is 22.5 Å². The summed E-state index contributed by atoms with van der Waals surface area (Å²) in [7, 11) is 0. The van der Waals surface area contributed by atoms with Gasteiger partial charge in [0, 0.05) is 18.3 Å². The summed E-state index contributed by atoms with van der Waals surface area (Å²) in [6.07, 6.45) is 2.38. The van der Waals surface area contributed by atoms with Gasteiger partial charge in [0.15, 0.2) is 0 Å². The molecule has 0 spiro atoms. The largest absolute Gasteiger partial charge is 0.325 e. The Kier molecular flexibility index (Phi) is 5.36. The van der Waals surface area contributed by atoms with Crippen LogP contribution in [-0.4, -0.2) is 43.0 Å². The molecule has 1 aromatic rings. The maximum absolute atomic E-state index is 12.1. The number of hydrogen-bond acceptors (Lipinski definition) is 3. The highest BCUT2D eigenvalue weighted by Crippen LogP contribution is 2.11. The fourth-order valence-electron chi connectivity index (χ4n) is 2.55. The predicted octanol–water partition coefficient (Wildman–Crippen LogP) is 1.70. The molecular weight excluding hydrogens is 238 g/mol. The van der Waals surface area contributed by atoms with Crippen molar-refractivity contribution in [2.75, 3.05) is 31.5 Å². The van der Waals surface area contributed by atoms with Crippen LogP contribution in [0.4, 0.5) is 5.69 Å². The van der Waals surface area contributed by atoms with Gasteiger partial charge in [-0.15, -0.1) is 0 Å². The van der Waals surface area contributed by atoms with Gasteiger partial charge in [-0.2, -0.15) is 0 Å². The molecule has 104 valence electrons. The second kappa shape index (κ2) is 7.26. The Hall–Kier alpha value is -1.39. The van der Waals surface area contributed by atoms with E-state index in [9.17, 15) is 4.79 Å². The van der Waals surface area contributed by atoms with E-state index in [4.69, 9.17) is 0 Å². The van der Waals surface area contributed by atoms with E-state index in [0.29, 0.717) is 12.6 Å². The van der Waals surface area contributed by atoms with Gasteiger partial charge in [-0.1, -0.05) is 25.1 Å². The standard InChI is InChI=1S/C15H23N3O/c1-2-18(14-9-6-10-16-11-14)12-15(19)17-13-7-4-3-5-8-13/h3-5,7-8,14,16H,2,6,9-12H2,1H3,(H,17,19). The average Bonchev–Trinajstić information content (AvgIpc) is 2.47. The molecule has 0 aliphatic carbocycles. The minimum Gasteiger partial charge on any atom is -0.325 e. The number of nitrogens with zero attached hydrogens (tertiary/aromatic N) is 1. The van der Waals surface area contributed by atoms with Gasteiger partial charge in [0.05, 0.1) is 6.54 Å². The zero-order valence-corrected chi connectivity index (χ0v) is 11.6. The number of hydrogen-bond donors (Lipinski definition) is 2. The first-order valence-electron chi connectivity index (χ1n) is 7.09. The van der Waals surface area contributed by atoms with Crippen LogP contribution in [0, 0.1) is 0 Å². The molecule has 1 aliphatic heterocycles. The molecule has 2 N–H and O–H groups in total. The molecule has 19 heavy (non-hydrogen) atoms. The number of benzene rings is 1. The van der Waals surface area contributed by atoms with E-state index in [0.717, 1.165) is 25.3 Å². The minimum atomic E-state index is 0.0682. The maximum Gasteiger partial charge on any atom is 0.238 e. The van der Waals surface area contributed by atoms with E-state index >= 15 is 0 Å². The predicted molar refractivity (Wildman–Crippen MR) is 78.2 cm³/mol. The van der Waals surface area contributed by atoms with Crippen molar-refractivity contribution in [3.8, 4) is 0 Å². The van der Waals surface area contributed by atoms with Crippen molar-refractivity contribution in [2.45, 2.75) is 25.8 Å². The van der Waals surface area contributed by atoms with Gasteiger partial charge in [-0.25, -0.2) is 0 Å². The van der Waals surface area contributed by atoms with Gasteiger partial charge in [0.2, 0.25) is 5.91 Å². The van der Waals surface area contributed by atoms with Gasteiger partial charge in [-0.05, 0) is 38.1 Å². The summed E-state index contributed by atoms with van der Waals surface area (Å²) in [5, 5.41) is 6.34. The second-order valence-electron chi connectivity index (χ2n) is 4.98. The van der Waals surface area contributed by atoms with Crippen LogP contribution >= 0.6 is 0 Å². The molecule has 1 aromatic carbocycles. The van der Waals surface area contributed by atoms with Crippen molar-refractivity contribution in [3.63, 3.8) is 0 Å². The molecule has 0 saturated carbocycles. The molecule has 1 atom stereocenters. The molecule has 4 heteroatoms. The molecule has 1 aliphatic rings. The third kappa shape index (κ3) is 4.33. The van der Waals surface area contributed by atoms with E-state index in [-0.39, 0.29) is 5.91 Å². The van der Waals surface area contributed by atoms with Gasteiger partial charge in [0.1, 0.15) is 0 Å². The number of anilines is 1. The molecule has 1 heterocycles. The first-order valence-corrected chi connectivity index (χ1v) is 7.09. The molecule has 1 saturated heterocycles. The van der Waals surface area contributed by atoms with Crippen molar-refractivity contribution in [3.05, 3.63) is 30.3 Å². The Morgan fingerprint density at radius 2 is 2.21 bits per heavy atom. The summed E-state index contributed by atoms with van der Waals surface area (Å²) in [6, 6.07) is 10.1. The van der Waals surface area contributed by atoms with Crippen molar-refractivity contribution in [1.29, 1.82) is 0 Å². The Labute approximate surface area is 115 Å². The van der Waals surface area contributed by atoms with E-state index in [1.54, 1.807) is 0 Å². The Bertz CT molecular complexity index is 388. The normalized spacial score (nSPS) is 19.4. The number of carbonyl (C=O) groups excluding carboxylic acids is 1. The Balaban J connectivity index is 1.85. The summed E-state index contributed by atoms with van der Waals surface area (Å²) >= 11 is 0. The highest BCUT2D eigenvalue weighted by molar-refractivity contribution is 5.92. The molecule has 1 amide bonds. The van der Waals surface area contributed by atoms with Crippen molar-refractivity contribution in [1.82, 2.24) is 10.2 Å². The Morgan fingerprint density at radius 1 is 1.42 bits per heavy atom. The van der Waals surface area contributed by atoms with E-state index in [1.807, 2.05) is 30.3 Å². The van der Waals surface area contributed by atoms with E-state index < -0.39 is 0 Å². The van der Waals surface area contributed by atoms with Crippen molar-refractivity contribution < 1.29 is 4.79 Å². The average molecular weight is 261 g/mol. The first-order chi connectivity index (χ1) is 9.29. The molecule has 1 unspecified atom stereocenters. The molecule has 2 rings (SSSR count). The Morgan fingerprint density at radius 3 is 2.84 bits per heavy atom. The van der Waals surface area contributed by atoms with Crippen LogP contribution in [0.25, 0.3) is 0 Å². The monoisotopic (exact) mass is 261 g/mol. The number of nitrogens with one attached hydrogen (secondary N) is 2. The van der Waals surface area contributed by atoms with Crippen LogP contribution in [0.1, 0.15) is 19.8 Å². The third-order valence-electron chi connectivity index (χ3n) is 3.60. The van der Waals surface area contributed by atoms with Crippen LogP contribution in [0.3, 0.4) is 0 Å². The number of amides is 1. The zero-order valence-electron chi connectivity index (χ0n) is 11.6. The summed E-state index contributed by atoms with van der Waals surface area (Å²) in [6.45, 7) is 5.59. The topological polar surface area (TPSA) is 44.4 Å². The summed E-state index contributed by atoms with van der Waals surface area (Å²) in [4.78, 5) is 14.3.